The van der Waals surface area contributed by atoms with Crippen molar-refractivity contribution in [1.82, 2.24) is 9.97 Å². The highest BCUT2D eigenvalue weighted by molar-refractivity contribution is 7.32. The Hall–Kier alpha value is -0.900. The van der Waals surface area contributed by atoms with E-state index in [9.17, 15) is 4.57 Å². The van der Waals surface area contributed by atoms with Crippen molar-refractivity contribution in [3.05, 3.63) is 24.3 Å². The molecule has 1 aromatic heterocycles. The fraction of sp³-hybridized carbons (Fsp3) is 0.200. The summed E-state index contributed by atoms with van der Waals surface area (Å²) in [7, 11) is -2.53. The Balaban J connectivity index is 2.45. The van der Waals surface area contributed by atoms with E-state index < -0.39 is 8.25 Å². The Labute approximate surface area is 64.0 Å². The lowest BCUT2D eigenvalue weighted by Crippen LogP contribution is -1.89. The number of nitrogens with zero attached hydrogens (tertiary/aromatic N) is 2. The molecular weight excluding hydrogens is 167 g/mol. The van der Waals surface area contributed by atoms with Crippen LogP contribution in [-0.2, 0) is 15.7 Å². The maximum Gasteiger partial charge on any atom is 0.695 e. The van der Waals surface area contributed by atoms with Gasteiger partial charge in [-0.25, -0.2) is 9.97 Å². The molecule has 6 heteroatoms. The molecule has 0 bridgehead atoms. The lowest BCUT2D eigenvalue weighted by Gasteiger charge is -1.89. The molecule has 1 aromatic rings. The molecule has 0 fully saturated rings. The second kappa shape index (κ2) is 4.08. The first-order chi connectivity index (χ1) is 5.29. The molecule has 1 heterocycles. The highest BCUT2D eigenvalue weighted by atomic mass is 31.1. The average Bonchev–Trinajstić information content (AvgIpc) is 2.03. The first-order valence-electron chi connectivity index (χ1n) is 2.83. The van der Waals surface area contributed by atoms with Crippen LogP contribution in [0.15, 0.2) is 18.6 Å². The fourth-order valence-corrected chi connectivity index (χ4v) is 0.768. The summed E-state index contributed by atoms with van der Waals surface area (Å²) < 4.78 is 14.5. The summed E-state index contributed by atoms with van der Waals surface area (Å²) in [4.78, 5) is 15.7. The lowest BCUT2D eigenvalue weighted by molar-refractivity contribution is 0.268. The second-order valence-corrected chi connectivity index (χ2v) is 2.45. The molecular formula is C5H6N2O3P+. The van der Waals surface area contributed by atoms with Gasteiger partial charge in [0.2, 0.25) is 0 Å². The first-order valence-corrected chi connectivity index (χ1v) is 3.96. The van der Waals surface area contributed by atoms with Crippen LogP contribution in [0.3, 0.4) is 0 Å². The third-order valence-electron chi connectivity index (χ3n) is 0.966. The lowest BCUT2D eigenvalue weighted by atomic mass is 10.4. The van der Waals surface area contributed by atoms with E-state index in [1.54, 1.807) is 6.07 Å². The molecule has 1 atom stereocenters. The number of hydrogen-bond donors (Lipinski definition) is 1. The molecule has 0 aliphatic heterocycles. The van der Waals surface area contributed by atoms with E-state index in [1.165, 1.54) is 12.5 Å². The zero-order chi connectivity index (χ0) is 8.10. The Kier molecular flexibility index (Phi) is 3.04. The van der Waals surface area contributed by atoms with Gasteiger partial charge in [0.05, 0.1) is 5.69 Å². The first kappa shape index (κ1) is 8.20. The quantitative estimate of drug-likeness (QED) is 0.679. The smallest absolute Gasteiger partial charge is 0.245 e. The second-order valence-electron chi connectivity index (χ2n) is 1.71. The van der Waals surface area contributed by atoms with E-state index in [0.717, 1.165) is 0 Å². The molecule has 11 heavy (non-hydrogen) atoms. The van der Waals surface area contributed by atoms with Gasteiger partial charge in [-0.2, -0.15) is 0 Å². The summed E-state index contributed by atoms with van der Waals surface area (Å²) >= 11 is 0. The van der Waals surface area contributed by atoms with Gasteiger partial charge in [0.25, 0.3) is 0 Å². The fourth-order valence-electron chi connectivity index (χ4n) is 0.525. The summed E-state index contributed by atoms with van der Waals surface area (Å²) in [5.41, 5.74) is 0.581. The van der Waals surface area contributed by atoms with E-state index in [-0.39, 0.29) is 6.61 Å². The summed E-state index contributed by atoms with van der Waals surface area (Å²) in [6.07, 6.45) is 2.89. The molecule has 0 aromatic carbocycles. The molecule has 1 N–H and O–H groups in total. The van der Waals surface area contributed by atoms with E-state index in [0.29, 0.717) is 5.69 Å². The van der Waals surface area contributed by atoms with Crippen molar-refractivity contribution in [3.63, 3.8) is 0 Å². The van der Waals surface area contributed by atoms with Gasteiger partial charge in [-0.3, -0.25) is 0 Å². The van der Waals surface area contributed by atoms with Gasteiger partial charge in [0, 0.05) is 10.8 Å². The van der Waals surface area contributed by atoms with Crippen LogP contribution in [-0.4, -0.2) is 14.9 Å². The van der Waals surface area contributed by atoms with Gasteiger partial charge in [0.15, 0.2) is 0 Å². The van der Waals surface area contributed by atoms with Gasteiger partial charge in [-0.15, -0.1) is 9.42 Å². The molecule has 0 radical (unpaired) electrons. The summed E-state index contributed by atoms with van der Waals surface area (Å²) in [6, 6.07) is 1.61. The maximum absolute atomic E-state index is 10.1. The van der Waals surface area contributed by atoms with Crippen molar-refractivity contribution in [3.8, 4) is 0 Å². The molecule has 0 amide bonds. The number of rotatable bonds is 3. The molecule has 1 rings (SSSR count). The van der Waals surface area contributed by atoms with Gasteiger partial charge in [0.1, 0.15) is 12.9 Å². The van der Waals surface area contributed by atoms with E-state index in [2.05, 4.69) is 14.5 Å². The van der Waals surface area contributed by atoms with Gasteiger partial charge >= 0.3 is 8.25 Å². The summed E-state index contributed by atoms with van der Waals surface area (Å²) in [5.74, 6) is 0. The average molecular weight is 173 g/mol. The normalized spacial score (nSPS) is 11.2. The Morgan fingerprint density at radius 3 is 3.09 bits per heavy atom. The molecule has 1 unspecified atom stereocenters. The van der Waals surface area contributed by atoms with Gasteiger partial charge < -0.3 is 0 Å². The Morgan fingerprint density at radius 1 is 1.73 bits per heavy atom. The van der Waals surface area contributed by atoms with Gasteiger partial charge in [-0.05, 0) is 6.07 Å². The van der Waals surface area contributed by atoms with Crippen LogP contribution in [0.2, 0.25) is 0 Å². The van der Waals surface area contributed by atoms with E-state index in [1.807, 2.05) is 0 Å². The van der Waals surface area contributed by atoms with Crippen LogP contribution in [0.5, 0.6) is 0 Å². The molecule has 0 aliphatic rings. The minimum atomic E-state index is -2.53. The monoisotopic (exact) mass is 173 g/mol. The molecule has 0 saturated carbocycles. The standard InChI is InChI=1S/C5H5N2O3P/c8-11(9)10-3-5-1-2-6-4-7-5/h1-2,4H,3H2/p+1. The zero-order valence-electron chi connectivity index (χ0n) is 5.54. The Morgan fingerprint density at radius 2 is 2.55 bits per heavy atom. The minimum absolute atomic E-state index is 0.0359. The van der Waals surface area contributed by atoms with E-state index in [4.69, 9.17) is 4.89 Å². The van der Waals surface area contributed by atoms with E-state index >= 15 is 0 Å². The van der Waals surface area contributed by atoms with Crippen LogP contribution in [0.25, 0.3) is 0 Å². The largest absolute Gasteiger partial charge is 0.695 e. The third kappa shape index (κ3) is 3.13. The topological polar surface area (TPSA) is 72.3 Å². The summed E-state index contributed by atoms with van der Waals surface area (Å²) in [5, 5.41) is 0. The van der Waals surface area contributed by atoms with Crippen molar-refractivity contribution >= 4 is 8.25 Å². The zero-order valence-corrected chi connectivity index (χ0v) is 6.44. The predicted octanol–water partition coefficient (Wildman–Crippen LogP) is 0.643. The molecule has 58 valence electrons. The van der Waals surface area contributed by atoms with Crippen LogP contribution in [0, 0.1) is 0 Å². The van der Waals surface area contributed by atoms with Crippen molar-refractivity contribution in [2.24, 2.45) is 0 Å². The number of hydrogen-bond acceptors (Lipinski definition) is 4. The maximum atomic E-state index is 10.1. The minimum Gasteiger partial charge on any atom is -0.245 e. The third-order valence-corrected chi connectivity index (χ3v) is 1.32. The summed E-state index contributed by atoms with van der Waals surface area (Å²) in [6.45, 7) is 0.0359. The van der Waals surface area contributed by atoms with Gasteiger partial charge in [-0.1, -0.05) is 0 Å². The van der Waals surface area contributed by atoms with Crippen molar-refractivity contribution in [2.45, 2.75) is 6.61 Å². The molecule has 0 spiro atoms. The molecule has 5 nitrogen and oxygen atoms in total. The van der Waals surface area contributed by atoms with Crippen LogP contribution in [0.4, 0.5) is 0 Å². The van der Waals surface area contributed by atoms with Crippen LogP contribution in [0.1, 0.15) is 5.69 Å². The van der Waals surface area contributed by atoms with Crippen molar-refractivity contribution in [1.29, 1.82) is 0 Å². The van der Waals surface area contributed by atoms with Crippen molar-refractivity contribution < 1.29 is 14.0 Å². The van der Waals surface area contributed by atoms with Crippen LogP contribution >= 0.6 is 8.25 Å². The van der Waals surface area contributed by atoms with Crippen LogP contribution < -0.4 is 0 Å². The highest BCUT2D eigenvalue weighted by Gasteiger charge is 2.11. The molecule has 0 saturated heterocycles. The van der Waals surface area contributed by atoms with Crippen molar-refractivity contribution in [2.75, 3.05) is 0 Å². The number of aromatic nitrogens is 2. The SMILES string of the molecule is O=[P+](O)OCc1ccncn1. The Bertz CT molecular complexity index is 241. The highest BCUT2D eigenvalue weighted by Crippen LogP contribution is 2.16. The predicted molar refractivity (Wildman–Crippen MR) is 36.6 cm³/mol. The molecule has 0 aliphatic carbocycles.